The smallest absolute Gasteiger partial charge is 0.214 e. The molecule has 174 valence electrons. The van der Waals surface area contributed by atoms with Crippen LogP contribution in [0.25, 0.3) is 16.2 Å². The Labute approximate surface area is 200 Å². The summed E-state index contributed by atoms with van der Waals surface area (Å²) in [6.45, 7) is 3.99. The second-order valence-corrected chi connectivity index (χ2v) is 9.07. The van der Waals surface area contributed by atoms with Crippen molar-refractivity contribution in [3.05, 3.63) is 66.1 Å². The molecule has 1 unspecified atom stereocenters. The van der Waals surface area contributed by atoms with Crippen molar-refractivity contribution in [2.75, 3.05) is 44.2 Å². The van der Waals surface area contributed by atoms with E-state index in [4.69, 9.17) is 10.00 Å². The number of ether oxygens (including phenoxy) is 1. The van der Waals surface area contributed by atoms with E-state index in [0.29, 0.717) is 17.9 Å². The van der Waals surface area contributed by atoms with Crippen molar-refractivity contribution in [1.29, 1.82) is 5.26 Å². The van der Waals surface area contributed by atoms with E-state index in [0.717, 1.165) is 47.5 Å². The van der Waals surface area contributed by atoms with Crippen LogP contribution in [-0.2, 0) is 0 Å². The van der Waals surface area contributed by atoms with Crippen molar-refractivity contribution in [2.45, 2.75) is 6.10 Å². The number of nitriles is 1. The molecular weight excluding hydrogens is 455 g/mol. The maximum atomic E-state index is 13.2. The Morgan fingerprint density at radius 1 is 1.09 bits per heavy atom. The number of hydrogen-bond acceptors (Lipinski definition) is 8. The molecule has 10 heteroatoms. The molecule has 0 saturated carbocycles. The number of hydrogen-bond donors (Lipinski definition) is 1. The second kappa shape index (κ2) is 9.77. The molecule has 3 heterocycles. The number of aliphatic hydroxyl groups is 1. The lowest BCUT2D eigenvalue weighted by Gasteiger charge is -2.35. The summed E-state index contributed by atoms with van der Waals surface area (Å²) in [5.74, 6) is 0.370. The van der Waals surface area contributed by atoms with Gasteiger partial charge >= 0.3 is 0 Å². The summed E-state index contributed by atoms with van der Waals surface area (Å²) in [5.41, 5.74) is 2.20. The van der Waals surface area contributed by atoms with Crippen molar-refractivity contribution in [3.63, 3.8) is 0 Å². The Kier molecular flexibility index (Phi) is 6.40. The van der Waals surface area contributed by atoms with Gasteiger partial charge in [0.15, 0.2) is 0 Å². The number of nitrogens with zero attached hydrogens (tertiary/aromatic N) is 6. The summed E-state index contributed by atoms with van der Waals surface area (Å²) >= 11 is 1.53. The fourth-order valence-corrected chi connectivity index (χ4v) is 4.80. The highest BCUT2D eigenvalue weighted by molar-refractivity contribution is 7.20. The molecule has 4 aromatic rings. The average Bonchev–Trinajstić information content (AvgIpc) is 3.44. The Morgan fingerprint density at radius 3 is 2.50 bits per heavy atom. The number of fused-ring (bicyclic) bond motifs is 1. The molecule has 0 amide bonds. The number of anilines is 1. The van der Waals surface area contributed by atoms with Gasteiger partial charge in [0.1, 0.15) is 24.3 Å². The molecule has 0 bridgehead atoms. The number of halogens is 1. The van der Waals surface area contributed by atoms with Gasteiger partial charge in [-0.15, -0.1) is 5.10 Å². The molecule has 1 aliphatic heterocycles. The van der Waals surface area contributed by atoms with Gasteiger partial charge in [-0.05, 0) is 48.5 Å². The van der Waals surface area contributed by atoms with Crippen LogP contribution >= 0.6 is 11.3 Å². The molecule has 0 aliphatic carbocycles. The number of aliphatic hydroxyl groups excluding tert-OH is 1. The first-order valence-corrected chi connectivity index (χ1v) is 11.8. The summed E-state index contributed by atoms with van der Waals surface area (Å²) in [6.07, 6.45) is 1.26. The minimum Gasteiger partial charge on any atom is -0.491 e. The second-order valence-electron chi connectivity index (χ2n) is 8.13. The molecule has 8 nitrogen and oxygen atoms in total. The largest absolute Gasteiger partial charge is 0.491 e. The molecule has 1 fully saturated rings. The van der Waals surface area contributed by atoms with E-state index in [1.54, 1.807) is 40.9 Å². The van der Waals surface area contributed by atoms with Gasteiger partial charge in [-0.1, -0.05) is 11.3 Å². The lowest BCUT2D eigenvalue weighted by Crippen LogP contribution is -2.49. The van der Waals surface area contributed by atoms with Crippen LogP contribution in [-0.4, -0.2) is 70.0 Å². The first-order valence-electron chi connectivity index (χ1n) is 11.0. The van der Waals surface area contributed by atoms with Crippen molar-refractivity contribution in [3.8, 4) is 23.1 Å². The van der Waals surface area contributed by atoms with Gasteiger partial charge in [-0.25, -0.2) is 13.9 Å². The number of aromatic nitrogens is 3. The third kappa shape index (κ3) is 5.02. The highest BCUT2D eigenvalue weighted by atomic mass is 32.1. The summed E-state index contributed by atoms with van der Waals surface area (Å²) in [6, 6.07) is 15.2. The summed E-state index contributed by atoms with van der Waals surface area (Å²) in [5, 5.41) is 24.8. The average molecular weight is 479 g/mol. The van der Waals surface area contributed by atoms with Gasteiger partial charge in [-0.3, -0.25) is 4.90 Å². The van der Waals surface area contributed by atoms with E-state index >= 15 is 0 Å². The van der Waals surface area contributed by atoms with E-state index in [9.17, 15) is 9.50 Å². The number of rotatable bonds is 7. The van der Waals surface area contributed by atoms with Gasteiger partial charge in [0.05, 0.1) is 23.5 Å². The van der Waals surface area contributed by atoms with Crippen LogP contribution in [0.3, 0.4) is 0 Å². The Bertz CT molecular complexity index is 1260. The van der Waals surface area contributed by atoms with Crippen LogP contribution in [0, 0.1) is 17.1 Å². The minimum atomic E-state index is -0.602. The third-order valence-electron chi connectivity index (χ3n) is 5.71. The summed E-state index contributed by atoms with van der Waals surface area (Å²) < 4.78 is 20.6. The van der Waals surface area contributed by atoms with E-state index < -0.39 is 6.10 Å². The molecule has 5 rings (SSSR count). The van der Waals surface area contributed by atoms with Crippen LogP contribution in [0.1, 0.15) is 5.56 Å². The van der Waals surface area contributed by atoms with E-state index in [-0.39, 0.29) is 12.4 Å². The monoisotopic (exact) mass is 478 g/mol. The van der Waals surface area contributed by atoms with Crippen molar-refractivity contribution in [2.24, 2.45) is 0 Å². The van der Waals surface area contributed by atoms with Gasteiger partial charge in [0, 0.05) is 38.3 Å². The maximum Gasteiger partial charge on any atom is 0.214 e. The van der Waals surface area contributed by atoms with Gasteiger partial charge in [-0.2, -0.15) is 5.26 Å². The lowest BCUT2D eigenvalue weighted by molar-refractivity contribution is 0.0663. The first kappa shape index (κ1) is 22.3. The summed E-state index contributed by atoms with van der Waals surface area (Å²) in [7, 11) is 0. The number of benzene rings is 2. The SMILES string of the molecule is N#Cc1ccc(OCC(O)CN2CCN(c3nn4cc(-c5ccc(F)cc5)nc4s3)CC2)cc1. The first-order chi connectivity index (χ1) is 16.6. The molecule has 0 spiro atoms. The highest BCUT2D eigenvalue weighted by Gasteiger charge is 2.22. The van der Waals surface area contributed by atoms with Crippen molar-refractivity contribution < 1.29 is 14.2 Å². The summed E-state index contributed by atoms with van der Waals surface area (Å²) in [4.78, 5) is 9.88. The number of β-amino-alcohol motifs (C(OH)–C–C–N with tert-alkyl or cyclic N) is 1. The molecule has 1 N–H and O–H groups in total. The number of imidazole rings is 1. The quantitative estimate of drug-likeness (QED) is 0.437. The number of piperazine rings is 1. The molecule has 2 aromatic carbocycles. The van der Waals surface area contributed by atoms with Gasteiger partial charge < -0.3 is 14.7 Å². The van der Waals surface area contributed by atoms with Crippen LogP contribution < -0.4 is 9.64 Å². The van der Waals surface area contributed by atoms with Gasteiger partial charge in [0.2, 0.25) is 10.1 Å². The van der Waals surface area contributed by atoms with E-state index in [1.807, 2.05) is 6.20 Å². The fourth-order valence-electron chi connectivity index (χ4n) is 3.87. The molecule has 0 radical (unpaired) electrons. The zero-order valence-electron chi connectivity index (χ0n) is 18.3. The zero-order chi connectivity index (χ0) is 23.5. The van der Waals surface area contributed by atoms with Crippen LogP contribution in [0.2, 0.25) is 0 Å². The lowest BCUT2D eigenvalue weighted by atomic mass is 10.2. The molecule has 2 aromatic heterocycles. The highest BCUT2D eigenvalue weighted by Crippen LogP contribution is 2.27. The predicted octanol–water partition coefficient (Wildman–Crippen LogP) is 3.03. The van der Waals surface area contributed by atoms with Crippen LogP contribution in [0.15, 0.2) is 54.7 Å². The standard InChI is InChI=1S/C24H23FN6O2S/c25-19-5-3-18(4-6-19)22-15-31-23(27-22)34-24(28-31)30-11-9-29(10-12-30)14-20(32)16-33-21-7-1-17(13-26)2-8-21/h1-8,15,20,32H,9-12,14,16H2. The van der Waals surface area contributed by atoms with Crippen LogP contribution in [0.5, 0.6) is 5.75 Å². The normalized spacial score (nSPS) is 15.4. The topological polar surface area (TPSA) is 89.9 Å². The Hall–Kier alpha value is -3.52. The molecule has 1 aliphatic rings. The molecule has 1 atom stereocenters. The third-order valence-corrected chi connectivity index (χ3v) is 6.69. The minimum absolute atomic E-state index is 0.201. The fraction of sp³-hybridized carbons (Fsp3) is 0.292. The van der Waals surface area contributed by atoms with E-state index in [1.165, 1.54) is 23.5 Å². The Balaban J connectivity index is 1.11. The van der Waals surface area contributed by atoms with Crippen molar-refractivity contribution in [1.82, 2.24) is 19.5 Å². The maximum absolute atomic E-state index is 13.2. The van der Waals surface area contributed by atoms with Crippen LogP contribution in [0.4, 0.5) is 9.52 Å². The van der Waals surface area contributed by atoms with Crippen molar-refractivity contribution >= 4 is 21.4 Å². The van der Waals surface area contributed by atoms with Gasteiger partial charge in [0.25, 0.3) is 0 Å². The Morgan fingerprint density at radius 2 is 1.82 bits per heavy atom. The predicted molar refractivity (Wildman–Crippen MR) is 128 cm³/mol. The molecular formula is C24H23FN6O2S. The zero-order valence-corrected chi connectivity index (χ0v) is 19.2. The van der Waals surface area contributed by atoms with E-state index in [2.05, 4.69) is 26.0 Å². The molecule has 34 heavy (non-hydrogen) atoms. The molecule has 1 saturated heterocycles.